The van der Waals surface area contributed by atoms with Crippen molar-refractivity contribution in [1.29, 1.82) is 0 Å². The minimum atomic E-state index is 0.105. The van der Waals surface area contributed by atoms with Crippen molar-refractivity contribution in [2.45, 2.75) is 44.4 Å². The number of methoxy groups -OCH3 is 2. The van der Waals surface area contributed by atoms with Crippen LogP contribution in [0.5, 0.6) is 11.5 Å². The van der Waals surface area contributed by atoms with Crippen LogP contribution in [0.3, 0.4) is 0 Å². The maximum atomic E-state index is 12.3. The molecule has 0 bridgehead atoms. The summed E-state index contributed by atoms with van der Waals surface area (Å²) in [5.41, 5.74) is 1.07. The predicted molar refractivity (Wildman–Crippen MR) is 95.2 cm³/mol. The lowest BCUT2D eigenvalue weighted by Gasteiger charge is -2.33. The molecule has 1 aromatic rings. The van der Waals surface area contributed by atoms with E-state index in [2.05, 4.69) is 17.1 Å². The minimum Gasteiger partial charge on any atom is -0.493 e. The van der Waals surface area contributed by atoms with E-state index in [1.165, 1.54) is 0 Å². The maximum Gasteiger partial charge on any atom is 0.220 e. The number of carbonyl (C=O) groups is 1. The summed E-state index contributed by atoms with van der Waals surface area (Å²) in [6.07, 6.45) is 2.43. The molecule has 2 heterocycles. The van der Waals surface area contributed by atoms with Crippen LogP contribution in [-0.2, 0) is 16.0 Å². The van der Waals surface area contributed by atoms with Crippen LogP contribution >= 0.6 is 0 Å². The standard InChI is InChI=1S/C19H28N2O4/c1-13-10-21-11-15(9-16(21)12-25-13)20-19(22)7-5-14-4-6-17(23-2)18(8-14)24-3/h4,6,8,13,15-16H,5,7,9-12H2,1-3H3,(H,20,22)/t13-,15-,16-/m0/s1. The van der Waals surface area contributed by atoms with E-state index in [-0.39, 0.29) is 18.1 Å². The zero-order valence-electron chi connectivity index (χ0n) is 15.3. The van der Waals surface area contributed by atoms with Crippen LogP contribution < -0.4 is 14.8 Å². The number of rotatable bonds is 6. The second-order valence-corrected chi connectivity index (χ2v) is 6.94. The molecule has 2 aliphatic rings. The van der Waals surface area contributed by atoms with Gasteiger partial charge in [0.15, 0.2) is 11.5 Å². The van der Waals surface area contributed by atoms with Crippen molar-refractivity contribution in [3.8, 4) is 11.5 Å². The van der Waals surface area contributed by atoms with Gasteiger partial charge in [-0.2, -0.15) is 0 Å². The molecule has 6 heteroatoms. The van der Waals surface area contributed by atoms with Gasteiger partial charge in [-0.1, -0.05) is 6.07 Å². The van der Waals surface area contributed by atoms with Crippen molar-refractivity contribution in [1.82, 2.24) is 10.2 Å². The fraction of sp³-hybridized carbons (Fsp3) is 0.632. The molecule has 1 amide bonds. The Labute approximate surface area is 149 Å². The Morgan fingerprint density at radius 2 is 2.08 bits per heavy atom. The minimum absolute atomic E-state index is 0.105. The largest absolute Gasteiger partial charge is 0.493 e. The molecule has 138 valence electrons. The van der Waals surface area contributed by atoms with Crippen LogP contribution in [0, 0.1) is 0 Å². The van der Waals surface area contributed by atoms with Gasteiger partial charge >= 0.3 is 0 Å². The van der Waals surface area contributed by atoms with E-state index >= 15 is 0 Å². The lowest BCUT2D eigenvalue weighted by molar-refractivity contribution is -0.121. The fourth-order valence-electron chi connectivity index (χ4n) is 3.74. The van der Waals surface area contributed by atoms with Crippen molar-refractivity contribution >= 4 is 5.91 Å². The zero-order chi connectivity index (χ0) is 17.8. The Bertz CT molecular complexity index is 607. The van der Waals surface area contributed by atoms with Gasteiger partial charge in [-0.15, -0.1) is 0 Å². The number of nitrogens with zero attached hydrogens (tertiary/aromatic N) is 1. The van der Waals surface area contributed by atoms with Gasteiger partial charge in [-0.25, -0.2) is 0 Å². The van der Waals surface area contributed by atoms with Gasteiger partial charge in [0.05, 0.1) is 26.9 Å². The summed E-state index contributed by atoms with van der Waals surface area (Å²) in [6.45, 7) is 4.77. The SMILES string of the molecule is COc1ccc(CCC(=O)N[C@H]2C[C@H]3CO[C@@H](C)CN3C2)cc1OC. The quantitative estimate of drug-likeness (QED) is 0.846. The second-order valence-electron chi connectivity index (χ2n) is 6.94. The first-order valence-electron chi connectivity index (χ1n) is 8.95. The number of aryl methyl sites for hydroxylation is 1. The van der Waals surface area contributed by atoms with Crippen LogP contribution in [0.25, 0.3) is 0 Å². The van der Waals surface area contributed by atoms with Crippen LogP contribution in [0.2, 0.25) is 0 Å². The molecule has 2 fully saturated rings. The zero-order valence-corrected chi connectivity index (χ0v) is 15.3. The summed E-state index contributed by atoms with van der Waals surface area (Å²) in [7, 11) is 3.24. The first-order chi connectivity index (χ1) is 12.1. The first kappa shape index (κ1) is 18.0. The number of hydrogen-bond donors (Lipinski definition) is 1. The molecule has 0 unspecified atom stereocenters. The lowest BCUT2D eigenvalue weighted by atomic mass is 10.1. The summed E-state index contributed by atoms with van der Waals surface area (Å²) in [5, 5.41) is 3.18. The van der Waals surface area contributed by atoms with E-state index in [4.69, 9.17) is 14.2 Å². The highest BCUT2D eigenvalue weighted by atomic mass is 16.5. The van der Waals surface area contributed by atoms with Gasteiger partial charge in [-0.3, -0.25) is 9.69 Å². The molecule has 1 N–H and O–H groups in total. The highest BCUT2D eigenvalue weighted by molar-refractivity contribution is 5.76. The molecule has 2 aliphatic heterocycles. The Hall–Kier alpha value is -1.79. The van der Waals surface area contributed by atoms with E-state index < -0.39 is 0 Å². The second kappa shape index (κ2) is 8.06. The monoisotopic (exact) mass is 348 g/mol. The number of ether oxygens (including phenoxy) is 3. The molecule has 25 heavy (non-hydrogen) atoms. The van der Waals surface area contributed by atoms with Gasteiger partial charge in [-0.05, 0) is 37.5 Å². The van der Waals surface area contributed by atoms with Gasteiger partial charge < -0.3 is 19.5 Å². The van der Waals surface area contributed by atoms with Crippen LogP contribution in [0.1, 0.15) is 25.3 Å². The van der Waals surface area contributed by atoms with Crippen molar-refractivity contribution in [3.05, 3.63) is 23.8 Å². The maximum absolute atomic E-state index is 12.3. The van der Waals surface area contributed by atoms with Crippen molar-refractivity contribution < 1.29 is 19.0 Å². The van der Waals surface area contributed by atoms with Crippen LogP contribution in [0.15, 0.2) is 18.2 Å². The third-order valence-electron chi connectivity index (χ3n) is 5.05. The molecule has 3 rings (SSSR count). The first-order valence-corrected chi connectivity index (χ1v) is 8.95. The summed E-state index contributed by atoms with van der Waals surface area (Å²) < 4.78 is 16.3. The van der Waals surface area contributed by atoms with Gasteiger partial charge in [0, 0.05) is 31.6 Å². The number of fused-ring (bicyclic) bond motifs is 1. The van der Waals surface area contributed by atoms with Crippen LogP contribution in [0.4, 0.5) is 0 Å². The average molecular weight is 348 g/mol. The van der Waals surface area contributed by atoms with Crippen molar-refractivity contribution in [3.63, 3.8) is 0 Å². The van der Waals surface area contributed by atoms with E-state index in [0.717, 1.165) is 31.7 Å². The molecule has 1 aromatic carbocycles. The lowest BCUT2D eigenvalue weighted by Crippen LogP contribution is -2.45. The van der Waals surface area contributed by atoms with Gasteiger partial charge in [0.2, 0.25) is 5.91 Å². The molecule has 2 saturated heterocycles. The number of hydrogen-bond acceptors (Lipinski definition) is 5. The average Bonchev–Trinajstić information content (AvgIpc) is 3.00. The number of carbonyl (C=O) groups excluding carboxylic acids is 1. The summed E-state index contributed by atoms with van der Waals surface area (Å²) in [4.78, 5) is 14.7. The van der Waals surface area contributed by atoms with E-state index in [1.807, 2.05) is 18.2 Å². The Morgan fingerprint density at radius 1 is 1.28 bits per heavy atom. The normalized spacial score (nSPS) is 26.1. The van der Waals surface area contributed by atoms with Gasteiger partial charge in [0.25, 0.3) is 0 Å². The number of amides is 1. The Balaban J connectivity index is 1.47. The molecular weight excluding hydrogens is 320 g/mol. The third kappa shape index (κ3) is 4.44. The fourth-order valence-corrected chi connectivity index (χ4v) is 3.74. The number of benzene rings is 1. The van der Waals surface area contributed by atoms with Crippen molar-refractivity contribution in [2.24, 2.45) is 0 Å². The molecule has 0 aliphatic carbocycles. The van der Waals surface area contributed by atoms with Gasteiger partial charge in [0.1, 0.15) is 0 Å². The molecular formula is C19H28N2O4. The van der Waals surface area contributed by atoms with E-state index in [0.29, 0.717) is 30.4 Å². The summed E-state index contributed by atoms with van der Waals surface area (Å²) in [5.74, 6) is 1.51. The molecule has 0 spiro atoms. The van der Waals surface area contributed by atoms with Crippen LogP contribution in [-0.4, -0.2) is 62.9 Å². The highest BCUT2D eigenvalue weighted by Crippen LogP contribution is 2.28. The smallest absolute Gasteiger partial charge is 0.220 e. The summed E-state index contributed by atoms with van der Waals surface area (Å²) in [6, 6.07) is 6.47. The Morgan fingerprint density at radius 3 is 2.84 bits per heavy atom. The van der Waals surface area contributed by atoms with E-state index in [9.17, 15) is 4.79 Å². The van der Waals surface area contributed by atoms with E-state index in [1.54, 1.807) is 14.2 Å². The molecule has 6 nitrogen and oxygen atoms in total. The molecule has 0 saturated carbocycles. The number of nitrogens with one attached hydrogen (secondary N) is 1. The topological polar surface area (TPSA) is 60.0 Å². The molecule has 0 aromatic heterocycles. The van der Waals surface area contributed by atoms with Crippen molar-refractivity contribution in [2.75, 3.05) is 33.9 Å². The molecule has 0 radical (unpaired) electrons. The highest BCUT2D eigenvalue weighted by Gasteiger charge is 2.36. The Kier molecular flexibility index (Phi) is 5.81. The summed E-state index contributed by atoms with van der Waals surface area (Å²) >= 11 is 0. The predicted octanol–water partition coefficient (Wildman–Crippen LogP) is 1.61. The number of morpholine rings is 1. The molecule has 3 atom stereocenters. The third-order valence-corrected chi connectivity index (χ3v) is 5.05.